The quantitative estimate of drug-likeness (QED) is 0.470. The van der Waals surface area contributed by atoms with Crippen LogP contribution in [0.5, 0.6) is 0 Å². The number of piperazine rings is 1. The van der Waals surface area contributed by atoms with Crippen LogP contribution in [0.1, 0.15) is 58.1 Å². The molecule has 1 saturated carbocycles. The third kappa shape index (κ3) is 5.78. The molecule has 0 radical (unpaired) electrons. The first-order chi connectivity index (χ1) is 18.6. The maximum atomic E-state index is 13.0. The monoisotopic (exact) mass is 549 g/mol. The molecule has 1 aliphatic carbocycles. The zero-order valence-electron chi connectivity index (χ0n) is 22.4. The summed E-state index contributed by atoms with van der Waals surface area (Å²) in [6.45, 7) is 7.96. The van der Waals surface area contributed by atoms with Crippen LogP contribution >= 0.6 is 11.6 Å². The van der Waals surface area contributed by atoms with Crippen molar-refractivity contribution in [3.63, 3.8) is 0 Å². The van der Waals surface area contributed by atoms with E-state index in [-0.39, 0.29) is 23.3 Å². The summed E-state index contributed by atoms with van der Waals surface area (Å²) in [5.41, 5.74) is 1.38. The predicted molar refractivity (Wildman–Crippen MR) is 151 cm³/mol. The largest absolute Gasteiger partial charge is 0.444 e. The molecule has 3 aromatic rings. The molecule has 0 atom stereocenters. The Labute approximate surface area is 232 Å². The third-order valence-corrected chi connectivity index (χ3v) is 7.36. The molecule has 5 rings (SSSR count). The van der Waals surface area contributed by atoms with Gasteiger partial charge in [0.15, 0.2) is 0 Å². The molecule has 1 N–H and O–H groups in total. The zero-order valence-corrected chi connectivity index (χ0v) is 23.2. The molecule has 1 aliphatic heterocycles. The number of nitrogens with one attached hydrogen (secondary N) is 1. The van der Waals surface area contributed by atoms with Crippen LogP contribution in [-0.2, 0) is 4.74 Å². The Morgan fingerprint density at radius 3 is 2.51 bits per heavy atom. The molecule has 2 fully saturated rings. The highest BCUT2D eigenvalue weighted by Gasteiger charge is 2.27. The summed E-state index contributed by atoms with van der Waals surface area (Å²) in [5, 5.41) is 13.9. The number of hydrogen-bond acceptors (Lipinski definition) is 8. The van der Waals surface area contributed by atoms with Gasteiger partial charge in [-0.1, -0.05) is 24.4 Å². The Morgan fingerprint density at radius 2 is 1.87 bits per heavy atom. The van der Waals surface area contributed by atoms with E-state index >= 15 is 0 Å². The van der Waals surface area contributed by atoms with Gasteiger partial charge >= 0.3 is 6.09 Å². The molecule has 2 aromatic heterocycles. The number of aromatic nitrogens is 3. The first kappa shape index (κ1) is 26.8. The standard InChI is InChI=1S/C28H32ClN7O3/c1-28(2,3)39-27(38)35-12-10-34(11-13-35)23-9-8-20(15-22(23)29)32-26-31-17-19-14-18(16-30)25(37)36(24(19)33-26)21-6-4-5-7-21/h8-9,14-15,17,21H,4-7,10-13H2,1-3H3,(H,31,32,33). The molecule has 2 aliphatic rings. The SMILES string of the molecule is CC(C)(C)OC(=O)N1CCN(c2ccc(Nc3ncc4cc(C#N)c(=O)n(C5CCCC5)c4n3)cc2Cl)CC1. The van der Waals surface area contributed by atoms with Crippen molar-refractivity contribution >= 4 is 46.1 Å². The van der Waals surface area contributed by atoms with Gasteiger partial charge in [0, 0.05) is 49.5 Å². The lowest BCUT2D eigenvalue weighted by Crippen LogP contribution is -2.50. The van der Waals surface area contributed by atoms with Crippen LogP contribution in [0.4, 0.5) is 22.1 Å². The fourth-order valence-electron chi connectivity index (χ4n) is 5.19. The first-order valence-electron chi connectivity index (χ1n) is 13.2. The van der Waals surface area contributed by atoms with Gasteiger partial charge in [0.25, 0.3) is 5.56 Å². The summed E-state index contributed by atoms with van der Waals surface area (Å²) in [7, 11) is 0. The molecule has 39 heavy (non-hydrogen) atoms. The van der Waals surface area contributed by atoms with Gasteiger partial charge in [0.1, 0.15) is 22.9 Å². The van der Waals surface area contributed by atoms with Crippen LogP contribution in [0.2, 0.25) is 5.02 Å². The van der Waals surface area contributed by atoms with Gasteiger partial charge < -0.3 is 19.9 Å². The minimum atomic E-state index is -0.525. The van der Waals surface area contributed by atoms with Crippen LogP contribution in [0.25, 0.3) is 11.0 Å². The van der Waals surface area contributed by atoms with Gasteiger partial charge in [-0.3, -0.25) is 9.36 Å². The molecule has 10 nitrogen and oxygen atoms in total. The Bertz CT molecular complexity index is 1490. The molecule has 1 amide bonds. The van der Waals surface area contributed by atoms with Gasteiger partial charge in [-0.15, -0.1) is 0 Å². The van der Waals surface area contributed by atoms with Crippen molar-refractivity contribution < 1.29 is 9.53 Å². The molecule has 204 valence electrons. The van der Waals surface area contributed by atoms with Gasteiger partial charge in [0.05, 0.1) is 10.7 Å². The fraction of sp³-hybridized carbons (Fsp3) is 0.464. The number of nitriles is 1. The maximum absolute atomic E-state index is 13.0. The Morgan fingerprint density at radius 1 is 1.15 bits per heavy atom. The van der Waals surface area contributed by atoms with E-state index in [1.165, 1.54) is 0 Å². The molecule has 1 aromatic carbocycles. The summed E-state index contributed by atoms with van der Waals surface area (Å²) in [6, 6.07) is 9.24. The number of benzene rings is 1. The number of halogens is 1. The van der Waals surface area contributed by atoms with E-state index in [1.54, 1.807) is 21.7 Å². The van der Waals surface area contributed by atoms with Gasteiger partial charge in [-0.05, 0) is 57.9 Å². The van der Waals surface area contributed by atoms with Crippen molar-refractivity contribution in [1.29, 1.82) is 5.26 Å². The second-order valence-corrected chi connectivity index (χ2v) is 11.4. The van der Waals surface area contributed by atoms with Crippen LogP contribution in [0.3, 0.4) is 0 Å². The van der Waals surface area contributed by atoms with E-state index in [0.717, 1.165) is 31.4 Å². The van der Waals surface area contributed by atoms with Crippen molar-refractivity contribution in [2.24, 2.45) is 0 Å². The highest BCUT2D eigenvalue weighted by atomic mass is 35.5. The van der Waals surface area contributed by atoms with Gasteiger partial charge in [0.2, 0.25) is 5.95 Å². The Kier molecular flexibility index (Phi) is 7.36. The number of hydrogen-bond donors (Lipinski definition) is 1. The average molecular weight is 550 g/mol. The fourth-order valence-corrected chi connectivity index (χ4v) is 5.49. The molecule has 0 unspecified atom stereocenters. The summed E-state index contributed by atoms with van der Waals surface area (Å²) in [5.74, 6) is 0.341. The highest BCUT2D eigenvalue weighted by Crippen LogP contribution is 2.32. The van der Waals surface area contributed by atoms with Crippen molar-refractivity contribution in [2.45, 2.75) is 58.1 Å². The second-order valence-electron chi connectivity index (χ2n) is 11.0. The third-order valence-electron chi connectivity index (χ3n) is 7.06. The van der Waals surface area contributed by atoms with Crippen molar-refractivity contribution in [3.05, 3.63) is 51.4 Å². The van der Waals surface area contributed by atoms with Gasteiger partial charge in [-0.25, -0.2) is 9.78 Å². The van der Waals surface area contributed by atoms with E-state index in [4.69, 9.17) is 16.3 Å². The minimum Gasteiger partial charge on any atom is -0.444 e. The summed E-state index contributed by atoms with van der Waals surface area (Å²) >= 11 is 6.67. The van der Waals surface area contributed by atoms with Crippen LogP contribution < -0.4 is 15.8 Å². The number of carbonyl (C=O) groups is 1. The van der Waals surface area contributed by atoms with Crippen LogP contribution in [0.15, 0.2) is 35.3 Å². The summed E-state index contributed by atoms with van der Waals surface area (Å²) < 4.78 is 7.15. The van der Waals surface area contributed by atoms with Crippen LogP contribution in [0, 0.1) is 11.3 Å². The number of rotatable bonds is 4. The number of fused-ring (bicyclic) bond motifs is 1. The lowest BCUT2D eigenvalue weighted by Gasteiger charge is -2.37. The number of anilines is 3. The zero-order chi connectivity index (χ0) is 27.7. The number of ether oxygens (including phenoxy) is 1. The van der Waals surface area contributed by atoms with E-state index in [9.17, 15) is 14.9 Å². The van der Waals surface area contributed by atoms with Crippen molar-refractivity contribution in [2.75, 3.05) is 36.4 Å². The van der Waals surface area contributed by atoms with E-state index < -0.39 is 5.60 Å². The first-order valence-corrected chi connectivity index (χ1v) is 13.6. The molecule has 3 heterocycles. The predicted octanol–water partition coefficient (Wildman–Crippen LogP) is 5.23. The molecule has 0 bridgehead atoms. The molecule has 1 saturated heterocycles. The van der Waals surface area contributed by atoms with Gasteiger partial charge in [-0.2, -0.15) is 10.2 Å². The lowest BCUT2D eigenvalue weighted by atomic mass is 10.2. The van der Waals surface area contributed by atoms with Crippen molar-refractivity contribution in [1.82, 2.24) is 19.4 Å². The van der Waals surface area contributed by atoms with E-state index in [2.05, 4.69) is 20.2 Å². The van der Waals surface area contributed by atoms with Crippen molar-refractivity contribution in [3.8, 4) is 6.07 Å². The number of amides is 1. The molecule has 11 heteroatoms. The molecule has 0 spiro atoms. The van der Waals surface area contributed by atoms with E-state index in [1.807, 2.05) is 45.0 Å². The minimum absolute atomic E-state index is 0.0283. The lowest BCUT2D eigenvalue weighted by molar-refractivity contribution is 0.0240. The number of pyridine rings is 1. The molecular weight excluding hydrogens is 518 g/mol. The molecular formula is C28H32ClN7O3. The summed E-state index contributed by atoms with van der Waals surface area (Å²) in [6.07, 6.45) is 5.21. The summed E-state index contributed by atoms with van der Waals surface area (Å²) in [4.78, 5) is 38.4. The number of nitrogens with zero attached hydrogens (tertiary/aromatic N) is 6. The number of carbonyl (C=O) groups excluding carboxylic acids is 1. The topological polar surface area (TPSA) is 116 Å². The second kappa shape index (κ2) is 10.7. The Hall–Kier alpha value is -3.84. The maximum Gasteiger partial charge on any atom is 0.410 e. The average Bonchev–Trinajstić information content (AvgIpc) is 3.42. The highest BCUT2D eigenvalue weighted by molar-refractivity contribution is 6.33. The smallest absolute Gasteiger partial charge is 0.410 e. The van der Waals surface area contributed by atoms with Crippen LogP contribution in [-0.4, -0.2) is 57.3 Å². The van der Waals surface area contributed by atoms with E-state index in [0.29, 0.717) is 53.9 Å². The normalized spacial score (nSPS) is 16.4. The Balaban J connectivity index is 1.33.